The van der Waals surface area contributed by atoms with Crippen molar-refractivity contribution in [2.24, 2.45) is 17.8 Å². The second kappa shape index (κ2) is 95.8. The van der Waals surface area contributed by atoms with Gasteiger partial charge in [0.1, 0.15) is 6.07 Å². The summed E-state index contributed by atoms with van der Waals surface area (Å²) in [5, 5.41) is 11.6. The molecule has 0 aromatic heterocycles. The summed E-state index contributed by atoms with van der Waals surface area (Å²) in [6.45, 7) is 95.1. The molecule has 0 bridgehead atoms. The lowest BCUT2D eigenvalue weighted by Gasteiger charge is -2.38. The van der Waals surface area contributed by atoms with Crippen molar-refractivity contribution in [1.29, 1.82) is 5.26 Å². The maximum absolute atomic E-state index is 11.4. The van der Waals surface area contributed by atoms with Crippen LogP contribution in [0.1, 0.15) is 307 Å². The van der Waals surface area contributed by atoms with Crippen LogP contribution in [0.3, 0.4) is 0 Å². The van der Waals surface area contributed by atoms with E-state index in [9.17, 15) is 52.7 Å². The molecule has 6 atom stereocenters. The number of hydrogen-bond acceptors (Lipinski definition) is 24. The minimum atomic E-state index is -0.185. The molecule has 3 heterocycles. The first-order valence-corrected chi connectivity index (χ1v) is 51.2. The van der Waals surface area contributed by atoms with Gasteiger partial charge in [0, 0.05) is 148 Å². The fourth-order valence-electron chi connectivity index (χ4n) is 13.3. The molecular weight excluding hydrogens is 1770 g/mol. The maximum Gasteiger partial charge on any atom is 0.246 e. The van der Waals surface area contributed by atoms with Crippen LogP contribution in [0.5, 0.6) is 0 Å². The number of nitrogens with one attached hydrogen (secondary N) is 1. The Kier molecular flexibility index (Phi) is 99.1. The van der Waals surface area contributed by atoms with Gasteiger partial charge in [0.2, 0.25) is 17.6 Å². The summed E-state index contributed by atoms with van der Waals surface area (Å²) in [7, 11) is 3.80. The molecule has 140 heavy (non-hydrogen) atoms. The third-order valence-electron chi connectivity index (χ3n) is 21.4. The third-order valence-corrected chi connectivity index (χ3v) is 21.4. The molecule has 2 amide bonds. The molecule has 4 rings (SSSR count). The lowest BCUT2D eigenvalue weighted by molar-refractivity contribution is -0.128. The van der Waals surface area contributed by atoms with Crippen molar-refractivity contribution in [3.05, 3.63) is 126 Å². The van der Waals surface area contributed by atoms with Crippen molar-refractivity contribution in [3.63, 3.8) is 0 Å². The van der Waals surface area contributed by atoms with Crippen molar-refractivity contribution in [2.75, 3.05) is 113 Å². The molecule has 1 N–H and O–H groups in total. The molecule has 4 fully saturated rings. The minimum absolute atomic E-state index is 0.00450. The van der Waals surface area contributed by atoms with Gasteiger partial charge in [-0.25, -0.2) is 0 Å². The van der Waals surface area contributed by atoms with Gasteiger partial charge in [0.05, 0.1) is 86.9 Å². The predicted molar refractivity (Wildman–Crippen MR) is 576 cm³/mol. The second-order valence-corrected chi connectivity index (χ2v) is 38.0. The van der Waals surface area contributed by atoms with Gasteiger partial charge in [0.15, 0.2) is 46.3 Å². The Morgan fingerprint density at radius 1 is 0.479 bits per heavy atom. The number of ether oxygens (including phenoxy) is 8. The second-order valence-electron chi connectivity index (χ2n) is 38.0. The molecule has 1 saturated carbocycles. The quantitative estimate of drug-likeness (QED) is 0.0194. The number of hydrogen-bond donors (Lipinski definition) is 1. The first kappa shape index (κ1) is 145. The summed E-state index contributed by atoms with van der Waals surface area (Å²) in [6, 6.07) is 4.57. The van der Waals surface area contributed by atoms with Crippen LogP contribution in [0.15, 0.2) is 126 Å². The zero-order valence-corrected chi connectivity index (χ0v) is 92.7. The number of nitrogens with zero attached hydrogens (tertiary/aromatic N) is 6. The van der Waals surface area contributed by atoms with Crippen LogP contribution in [0.2, 0.25) is 0 Å². The van der Waals surface area contributed by atoms with Gasteiger partial charge in [-0.1, -0.05) is 98.9 Å². The van der Waals surface area contributed by atoms with Crippen molar-refractivity contribution < 1.29 is 90.6 Å². The lowest BCUT2D eigenvalue weighted by Crippen LogP contribution is -2.48. The van der Waals surface area contributed by atoms with Crippen molar-refractivity contribution >= 4 is 63.9 Å². The molecule has 26 heteroatoms. The van der Waals surface area contributed by atoms with Crippen LogP contribution in [-0.4, -0.2) is 286 Å². The molecule has 4 aliphatic rings. The lowest BCUT2D eigenvalue weighted by atomic mass is 9.92. The van der Waals surface area contributed by atoms with Crippen LogP contribution in [-0.2, 0) is 90.6 Å². The van der Waals surface area contributed by atoms with Crippen LogP contribution < -0.4 is 5.32 Å². The Morgan fingerprint density at radius 2 is 0.957 bits per heavy atom. The van der Waals surface area contributed by atoms with Crippen LogP contribution >= 0.6 is 0 Å². The number of amides is 2. The highest BCUT2D eigenvalue weighted by Gasteiger charge is 2.31. The van der Waals surface area contributed by atoms with E-state index in [1.54, 1.807) is 24.9 Å². The summed E-state index contributed by atoms with van der Waals surface area (Å²) in [5.41, 5.74) is 0.0320. The number of carbonyl (C=O) groups excluding carboxylic acids is 11. The van der Waals surface area contributed by atoms with Crippen molar-refractivity contribution in [1.82, 2.24) is 29.8 Å². The van der Waals surface area contributed by atoms with E-state index in [-0.39, 0.29) is 124 Å². The normalized spacial score (nSPS) is 15.9. The Balaban J connectivity index is -0.000000278. The molecule has 0 aromatic carbocycles. The summed E-state index contributed by atoms with van der Waals surface area (Å²) >= 11 is 0. The van der Waals surface area contributed by atoms with E-state index in [1.807, 2.05) is 109 Å². The van der Waals surface area contributed by atoms with E-state index in [4.69, 9.17) is 43.2 Å². The molecule has 0 aromatic rings. The molecule has 804 valence electrons. The number of nitriles is 1. The zero-order valence-electron chi connectivity index (χ0n) is 92.7. The predicted octanol–water partition coefficient (Wildman–Crippen LogP) is 20.4. The monoisotopic (exact) mass is 1970 g/mol. The summed E-state index contributed by atoms with van der Waals surface area (Å²) in [4.78, 5) is 132. The largest absolute Gasteiger partial charge is 0.379 e. The van der Waals surface area contributed by atoms with E-state index in [0.29, 0.717) is 159 Å². The fourth-order valence-corrected chi connectivity index (χ4v) is 13.3. The maximum atomic E-state index is 11.4. The molecule has 3 saturated heterocycles. The van der Waals surface area contributed by atoms with Gasteiger partial charge >= 0.3 is 0 Å². The number of likely N-dealkylation sites (N-methyl/N-ethyl adjacent to an activating group) is 1. The SMILES string of the molecule is C=C(C#N)C(=O)CCCOC(C)C.C=CC(=O)CC1CCCC1OC(C)C.C=CC(=O)CCC1COCCN1C(C)C.C=CC(=O)CCCN(C)C(C)C.C=CC(=O)CCCNC(C)C.C=CC(=O)CCCOC(C)C.C=CC(=O)C[C@@H](C)COC(C)C.C=CC(=O)C[C@H]1CCCN(C(C)C)C1.C=CC(=O)N(C)CCOC(C)C.C=CC(=O)N1CCCC1COC(C)C.CC#CC(=O)CCCOC(C)C. The minimum Gasteiger partial charge on any atom is -0.379 e. The van der Waals surface area contributed by atoms with Gasteiger partial charge in [-0.05, 0) is 327 Å². The van der Waals surface area contributed by atoms with E-state index in [0.717, 1.165) is 104 Å². The summed E-state index contributed by atoms with van der Waals surface area (Å²) in [5.74, 6) is 7.05. The fraction of sp³-hybridized carbons (Fsp3) is 0.702. The van der Waals surface area contributed by atoms with Gasteiger partial charge in [-0.15, -0.1) is 0 Å². The molecule has 1 aliphatic carbocycles. The van der Waals surface area contributed by atoms with Crippen molar-refractivity contribution in [3.8, 4) is 17.9 Å². The average Bonchev–Trinajstić information content (AvgIpc) is 1.95. The first-order chi connectivity index (χ1) is 65.8. The summed E-state index contributed by atoms with van der Waals surface area (Å²) < 4.78 is 43.2. The number of allylic oxidation sites excluding steroid dienone is 8. The highest BCUT2D eigenvalue weighted by Crippen LogP contribution is 2.32. The first-order valence-electron chi connectivity index (χ1n) is 51.2. The Labute approximate surface area is 852 Å². The topological polar surface area (TPSA) is 314 Å². The van der Waals surface area contributed by atoms with Crippen LogP contribution in [0.4, 0.5) is 0 Å². The molecule has 3 aliphatic heterocycles. The number of piperidine rings is 1. The molecule has 0 radical (unpaired) electrons. The highest BCUT2D eigenvalue weighted by atomic mass is 16.5. The number of carbonyl (C=O) groups is 11. The van der Waals surface area contributed by atoms with Gasteiger partial charge in [-0.2, -0.15) is 5.26 Å². The molecule has 0 spiro atoms. The Bertz CT molecular complexity index is 3510. The highest BCUT2D eigenvalue weighted by molar-refractivity contribution is 5.98. The van der Waals surface area contributed by atoms with Crippen molar-refractivity contribution in [2.45, 2.75) is 393 Å². The molecule has 4 unspecified atom stereocenters. The van der Waals surface area contributed by atoms with E-state index >= 15 is 0 Å². The molecular formula is C114H199N7O19. The number of Topliss-reactive ketones (excluding diaryl/α,β-unsaturated/α-hetero) is 2. The zero-order chi connectivity index (χ0) is 109. The third kappa shape index (κ3) is 94.8. The standard InChI is InChI=1S/C12H21NO2.C12H21NO.C12H20O2.C11H19NO2.C10H15NO2.C10H19NO.C10H18O2.C10H16O2.C9H17NO2.C9H17NO.C9H16O2/c1-4-12(14)6-5-11-9-15-8-7-13(11)10(2)3;1-4-12(14)8-11-6-5-7-13(9-11)10(2)3;1-4-11(13)8-10-6-5-7-12(10)14-9(2)3;1-4-11(13)12-7-5-6-10(12)8-14-9(2)3;1-8(2)13-6-4-5-10(12)9(3)7-11;1-5-10(12)7-6-8-11(4)9(2)3;1-5-10(11)6-9(4)7-12-8(2)3;1-4-6-10(11)7-5-8-12-9(2)3;1-5-9(11)10(4)6-7-12-8(2)3;1-4-9(11)6-5-7-10-8(2)3;1-4-9(10)6-5-7-11-8(2)3/h4,10-11H,1,5-9H2,2-3H3;4,10-11H,1,5-9H2,2-3H3;4,9-10,12H,1,5-8H2,2-3H3;4,9-10H,1,5-8H2,2-3H3;8H,3-6H2,1-2H3;5,9H,1,6-8H2,2-4H3;5,8-9H,1,6-7H2,2-4H3;9H,5,7-8H2,1-3H3;5,8H,1,6-7H2,2-4H3;4,8,10H,1,5-7H2,2-3H3;4,8H,1,5-7H2,2-3H3/t;11-;;;;;9-;;;;/m.1....1..../s1. The molecule has 26 nitrogen and oxygen atoms in total. The Morgan fingerprint density at radius 3 is 1.41 bits per heavy atom. The number of rotatable bonds is 58. The van der Waals surface area contributed by atoms with Crippen LogP contribution in [0, 0.1) is 40.9 Å². The number of ketones is 9. The van der Waals surface area contributed by atoms with Gasteiger partial charge in [-0.3, -0.25) is 57.6 Å². The smallest absolute Gasteiger partial charge is 0.246 e. The summed E-state index contributed by atoms with van der Waals surface area (Å²) in [6.07, 6.45) is 32.4. The van der Waals surface area contributed by atoms with E-state index < -0.39 is 0 Å². The van der Waals surface area contributed by atoms with Gasteiger partial charge < -0.3 is 62.8 Å². The van der Waals surface area contributed by atoms with Gasteiger partial charge in [0.25, 0.3) is 0 Å². The average molecular weight is 1970 g/mol. The van der Waals surface area contributed by atoms with Crippen LogP contribution in [0.25, 0.3) is 0 Å². The van der Waals surface area contributed by atoms with E-state index in [2.05, 4.69) is 160 Å². The Hall–Kier alpha value is -8.06. The number of likely N-dealkylation sites (tertiary alicyclic amines) is 2. The number of morpholine rings is 1. The van der Waals surface area contributed by atoms with E-state index in [1.165, 1.54) is 80.5 Å².